The van der Waals surface area contributed by atoms with E-state index in [2.05, 4.69) is 25.5 Å². The predicted octanol–water partition coefficient (Wildman–Crippen LogP) is 0.198. The van der Waals surface area contributed by atoms with Crippen molar-refractivity contribution in [3.8, 4) is 0 Å². The topological polar surface area (TPSA) is 73.1 Å². The molecule has 3 N–H and O–H groups in total. The van der Waals surface area contributed by atoms with Gasteiger partial charge in [-0.2, -0.15) is 0 Å². The van der Waals surface area contributed by atoms with Crippen molar-refractivity contribution >= 4 is 16.8 Å². The number of H-pyrrole nitrogens is 1. The normalized spacial score (nSPS) is 16.4. The molecule has 1 fully saturated rings. The molecule has 6 heteroatoms. The van der Waals surface area contributed by atoms with Crippen LogP contribution in [-0.2, 0) is 0 Å². The van der Waals surface area contributed by atoms with E-state index in [-0.39, 0.29) is 5.91 Å². The van der Waals surface area contributed by atoms with Crippen LogP contribution in [0, 0.1) is 0 Å². The predicted molar refractivity (Wildman–Crippen MR) is 77.7 cm³/mol. The fraction of sp³-hybridized carbons (Fsp3) is 0.429. The van der Waals surface area contributed by atoms with Crippen LogP contribution in [0.25, 0.3) is 10.9 Å². The van der Waals surface area contributed by atoms with Crippen molar-refractivity contribution in [3.05, 3.63) is 30.2 Å². The second-order valence-corrected chi connectivity index (χ2v) is 4.97. The zero-order chi connectivity index (χ0) is 13.8. The molecule has 1 aliphatic heterocycles. The third kappa shape index (κ3) is 2.81. The molecule has 1 amide bonds. The summed E-state index contributed by atoms with van der Waals surface area (Å²) >= 11 is 0. The van der Waals surface area contributed by atoms with Crippen LogP contribution in [0.5, 0.6) is 0 Å². The molecule has 1 saturated heterocycles. The molecule has 106 valence electrons. The van der Waals surface area contributed by atoms with Gasteiger partial charge in [0.2, 0.25) is 0 Å². The Morgan fingerprint density at radius 1 is 1.40 bits per heavy atom. The number of fused-ring (bicyclic) bond motifs is 1. The molecule has 2 aromatic heterocycles. The number of piperazine rings is 1. The summed E-state index contributed by atoms with van der Waals surface area (Å²) in [4.78, 5) is 21.6. The van der Waals surface area contributed by atoms with Crippen LogP contribution in [0.2, 0.25) is 0 Å². The van der Waals surface area contributed by atoms with Crippen molar-refractivity contribution in [2.45, 2.75) is 0 Å². The number of aromatic nitrogens is 2. The molecule has 3 heterocycles. The lowest BCUT2D eigenvalue weighted by Crippen LogP contribution is -2.46. The van der Waals surface area contributed by atoms with Crippen LogP contribution in [-0.4, -0.2) is 60.0 Å². The molecule has 0 radical (unpaired) electrons. The summed E-state index contributed by atoms with van der Waals surface area (Å²) in [5, 5.41) is 7.22. The lowest BCUT2D eigenvalue weighted by Gasteiger charge is -2.27. The number of carbonyl (C=O) groups excluding carboxylic acids is 1. The van der Waals surface area contributed by atoms with Gasteiger partial charge in [0, 0.05) is 57.0 Å². The summed E-state index contributed by atoms with van der Waals surface area (Å²) in [6, 6.07) is 1.86. The Morgan fingerprint density at radius 3 is 3.10 bits per heavy atom. The highest BCUT2D eigenvalue weighted by Crippen LogP contribution is 2.16. The summed E-state index contributed by atoms with van der Waals surface area (Å²) in [6.07, 6.45) is 5.17. The first-order valence-electron chi connectivity index (χ1n) is 6.97. The number of hydrogen-bond acceptors (Lipinski definition) is 4. The summed E-state index contributed by atoms with van der Waals surface area (Å²) in [5.74, 6) is -0.0300. The Balaban J connectivity index is 1.56. The fourth-order valence-electron chi connectivity index (χ4n) is 2.52. The number of rotatable bonds is 4. The third-order valence-electron chi connectivity index (χ3n) is 3.65. The van der Waals surface area contributed by atoms with Crippen molar-refractivity contribution in [3.63, 3.8) is 0 Å². The van der Waals surface area contributed by atoms with Crippen molar-refractivity contribution in [2.24, 2.45) is 0 Å². The molecule has 0 atom stereocenters. The van der Waals surface area contributed by atoms with E-state index in [4.69, 9.17) is 0 Å². The summed E-state index contributed by atoms with van der Waals surface area (Å²) in [7, 11) is 0. The molecule has 0 saturated carbocycles. The minimum absolute atomic E-state index is 0.0300. The molecule has 0 aliphatic carbocycles. The first-order valence-corrected chi connectivity index (χ1v) is 6.97. The van der Waals surface area contributed by atoms with Gasteiger partial charge in [0.1, 0.15) is 0 Å². The molecule has 0 bridgehead atoms. The summed E-state index contributed by atoms with van der Waals surface area (Å²) < 4.78 is 0. The Labute approximate surface area is 117 Å². The average Bonchev–Trinajstić information content (AvgIpc) is 2.92. The van der Waals surface area contributed by atoms with Crippen molar-refractivity contribution < 1.29 is 4.79 Å². The van der Waals surface area contributed by atoms with Gasteiger partial charge in [0.15, 0.2) is 0 Å². The summed E-state index contributed by atoms with van der Waals surface area (Å²) in [6.45, 7) is 5.74. The highest BCUT2D eigenvalue weighted by Gasteiger charge is 2.13. The standard InChI is InChI=1S/C14H19N5O/c20-14(17-5-8-19-6-3-15-4-7-19)12-9-18-13-10-16-2-1-11(12)13/h1-2,9-10,15,18H,3-8H2,(H,17,20). The van der Waals surface area contributed by atoms with Crippen molar-refractivity contribution in [1.82, 2.24) is 25.5 Å². The number of amides is 1. The molecule has 0 aromatic carbocycles. The highest BCUT2D eigenvalue weighted by molar-refractivity contribution is 6.06. The van der Waals surface area contributed by atoms with Crippen LogP contribution < -0.4 is 10.6 Å². The third-order valence-corrected chi connectivity index (χ3v) is 3.65. The molecule has 20 heavy (non-hydrogen) atoms. The number of aromatic amines is 1. The lowest BCUT2D eigenvalue weighted by molar-refractivity contribution is 0.0949. The van der Waals surface area contributed by atoms with Gasteiger partial charge in [0.05, 0.1) is 17.3 Å². The van der Waals surface area contributed by atoms with E-state index in [0.717, 1.165) is 43.6 Å². The maximum absolute atomic E-state index is 12.2. The van der Waals surface area contributed by atoms with Gasteiger partial charge in [-0.1, -0.05) is 0 Å². The van der Waals surface area contributed by atoms with Gasteiger partial charge in [-0.15, -0.1) is 0 Å². The van der Waals surface area contributed by atoms with E-state index in [1.807, 2.05) is 6.07 Å². The number of nitrogens with zero attached hydrogens (tertiary/aromatic N) is 2. The number of nitrogens with one attached hydrogen (secondary N) is 3. The maximum Gasteiger partial charge on any atom is 0.253 e. The van der Waals surface area contributed by atoms with Gasteiger partial charge in [-0.25, -0.2) is 0 Å². The van der Waals surface area contributed by atoms with E-state index in [1.165, 1.54) is 0 Å². The highest BCUT2D eigenvalue weighted by atomic mass is 16.1. The van der Waals surface area contributed by atoms with Crippen LogP contribution in [0.4, 0.5) is 0 Å². The molecule has 3 rings (SSSR count). The Kier molecular flexibility index (Phi) is 3.94. The van der Waals surface area contributed by atoms with E-state index < -0.39 is 0 Å². The zero-order valence-electron chi connectivity index (χ0n) is 11.4. The Morgan fingerprint density at radius 2 is 2.25 bits per heavy atom. The van der Waals surface area contributed by atoms with E-state index in [9.17, 15) is 4.79 Å². The van der Waals surface area contributed by atoms with Crippen LogP contribution >= 0.6 is 0 Å². The zero-order valence-corrected chi connectivity index (χ0v) is 11.4. The second kappa shape index (κ2) is 6.02. The van der Waals surface area contributed by atoms with Crippen LogP contribution in [0.1, 0.15) is 10.4 Å². The van der Waals surface area contributed by atoms with Crippen molar-refractivity contribution in [2.75, 3.05) is 39.3 Å². The van der Waals surface area contributed by atoms with Gasteiger partial charge in [0.25, 0.3) is 5.91 Å². The Hall–Kier alpha value is -1.92. The lowest BCUT2D eigenvalue weighted by atomic mass is 10.2. The Bertz CT molecular complexity index is 588. The maximum atomic E-state index is 12.2. The molecule has 0 spiro atoms. The minimum Gasteiger partial charge on any atom is -0.359 e. The van der Waals surface area contributed by atoms with Gasteiger partial charge in [-0.3, -0.25) is 14.7 Å². The number of pyridine rings is 1. The molecule has 6 nitrogen and oxygen atoms in total. The van der Waals surface area contributed by atoms with Gasteiger partial charge >= 0.3 is 0 Å². The average molecular weight is 273 g/mol. The van der Waals surface area contributed by atoms with E-state index in [1.54, 1.807) is 18.6 Å². The molecule has 0 unspecified atom stereocenters. The van der Waals surface area contributed by atoms with Crippen LogP contribution in [0.15, 0.2) is 24.7 Å². The van der Waals surface area contributed by atoms with Gasteiger partial charge < -0.3 is 15.6 Å². The minimum atomic E-state index is -0.0300. The van der Waals surface area contributed by atoms with Crippen molar-refractivity contribution in [1.29, 1.82) is 0 Å². The molecule has 1 aliphatic rings. The smallest absolute Gasteiger partial charge is 0.253 e. The molecular formula is C14H19N5O. The van der Waals surface area contributed by atoms with Crippen LogP contribution in [0.3, 0.4) is 0 Å². The first kappa shape index (κ1) is 13.1. The van der Waals surface area contributed by atoms with E-state index in [0.29, 0.717) is 12.1 Å². The first-order chi connectivity index (χ1) is 9.84. The fourth-order valence-corrected chi connectivity index (χ4v) is 2.52. The largest absolute Gasteiger partial charge is 0.359 e. The summed E-state index contributed by atoms with van der Waals surface area (Å²) in [5.41, 5.74) is 1.57. The second-order valence-electron chi connectivity index (χ2n) is 4.97. The quantitative estimate of drug-likeness (QED) is 0.744. The monoisotopic (exact) mass is 273 g/mol. The van der Waals surface area contributed by atoms with E-state index >= 15 is 0 Å². The SMILES string of the molecule is O=C(NCCN1CCNCC1)c1c[nH]c2cnccc12. The number of carbonyl (C=O) groups is 1. The number of hydrogen-bond donors (Lipinski definition) is 3. The molecule has 2 aromatic rings. The van der Waals surface area contributed by atoms with Gasteiger partial charge in [-0.05, 0) is 6.07 Å². The molecular weight excluding hydrogens is 254 g/mol.